The Hall–Kier alpha value is -3.86. The first-order valence-corrected chi connectivity index (χ1v) is 14.6. The molecule has 11 heteroatoms. The number of ether oxygens (including phenoxy) is 1. The number of likely N-dealkylation sites (tertiary alicyclic amines) is 1. The van der Waals surface area contributed by atoms with Gasteiger partial charge in [-0.3, -0.25) is 14.4 Å². The SMILES string of the molecule is Cc1nc(C2=CN3CCOc4cc(-c5cnn(C)c5C5CCCN(C(C)(C)C(N)=O)C5)ccc4C3N2)n(C(C)C)n1. The molecular weight excluding hydrogens is 518 g/mol. The van der Waals surface area contributed by atoms with Crippen LogP contribution in [-0.4, -0.2) is 72.0 Å². The molecule has 0 radical (unpaired) electrons. The van der Waals surface area contributed by atoms with Gasteiger partial charge in [0.05, 0.1) is 29.7 Å². The lowest BCUT2D eigenvalue weighted by atomic mass is 9.87. The summed E-state index contributed by atoms with van der Waals surface area (Å²) in [5, 5.41) is 13.0. The minimum Gasteiger partial charge on any atom is -0.491 e. The summed E-state index contributed by atoms with van der Waals surface area (Å²) in [5.41, 5.74) is 10.5. The third kappa shape index (κ3) is 4.75. The number of hydrogen-bond donors (Lipinski definition) is 2. The third-order valence-electron chi connectivity index (χ3n) is 8.80. The monoisotopic (exact) mass is 559 g/mol. The molecule has 1 amide bonds. The molecule has 2 unspecified atom stereocenters. The molecule has 2 atom stereocenters. The summed E-state index contributed by atoms with van der Waals surface area (Å²) in [6.45, 7) is 13.0. The number of carbonyl (C=O) groups excluding carboxylic acids is 1. The normalized spacial score (nSPS) is 21.1. The van der Waals surface area contributed by atoms with Gasteiger partial charge >= 0.3 is 0 Å². The molecule has 2 aromatic heterocycles. The van der Waals surface area contributed by atoms with Crippen molar-refractivity contribution in [2.24, 2.45) is 12.8 Å². The number of carbonyl (C=O) groups is 1. The zero-order valence-corrected chi connectivity index (χ0v) is 24.9. The van der Waals surface area contributed by atoms with Crippen molar-refractivity contribution in [3.63, 3.8) is 0 Å². The van der Waals surface area contributed by atoms with Crippen LogP contribution in [0, 0.1) is 6.92 Å². The summed E-state index contributed by atoms with van der Waals surface area (Å²) >= 11 is 0. The second-order valence-electron chi connectivity index (χ2n) is 12.2. The van der Waals surface area contributed by atoms with E-state index in [0.717, 1.165) is 72.3 Å². The highest BCUT2D eigenvalue weighted by Crippen LogP contribution is 2.41. The van der Waals surface area contributed by atoms with Gasteiger partial charge < -0.3 is 20.7 Å². The second kappa shape index (κ2) is 10.2. The van der Waals surface area contributed by atoms with Crippen molar-refractivity contribution < 1.29 is 9.53 Å². The number of hydrogen-bond acceptors (Lipinski definition) is 8. The molecule has 0 aliphatic carbocycles. The molecule has 218 valence electrons. The number of aromatic nitrogens is 5. The summed E-state index contributed by atoms with van der Waals surface area (Å²) in [6, 6.07) is 6.68. The summed E-state index contributed by atoms with van der Waals surface area (Å²) in [4.78, 5) is 21.4. The summed E-state index contributed by atoms with van der Waals surface area (Å²) in [5.74, 6) is 2.43. The molecule has 3 aromatic rings. The first kappa shape index (κ1) is 27.3. The zero-order chi connectivity index (χ0) is 29.1. The van der Waals surface area contributed by atoms with E-state index in [1.54, 1.807) is 0 Å². The summed E-state index contributed by atoms with van der Waals surface area (Å²) < 4.78 is 10.3. The van der Waals surface area contributed by atoms with E-state index in [9.17, 15) is 4.79 Å². The molecular formula is C30H41N9O2. The van der Waals surface area contributed by atoms with Crippen LogP contribution in [0.2, 0.25) is 0 Å². The maximum absolute atomic E-state index is 12.2. The van der Waals surface area contributed by atoms with Crippen molar-refractivity contribution in [1.29, 1.82) is 0 Å². The number of nitrogens with zero attached hydrogens (tertiary/aromatic N) is 7. The summed E-state index contributed by atoms with van der Waals surface area (Å²) in [6.07, 6.45) is 6.08. The van der Waals surface area contributed by atoms with Crippen LogP contribution in [0.3, 0.4) is 0 Å². The molecule has 3 aliphatic rings. The molecule has 0 bridgehead atoms. The Kier molecular flexibility index (Phi) is 6.80. The molecule has 1 fully saturated rings. The quantitative estimate of drug-likeness (QED) is 0.472. The first-order valence-electron chi connectivity index (χ1n) is 14.6. The van der Waals surface area contributed by atoms with Gasteiger partial charge in [0.1, 0.15) is 24.3 Å². The number of amides is 1. The fraction of sp³-hybridized carbons (Fsp3) is 0.533. The molecule has 41 heavy (non-hydrogen) atoms. The number of nitrogens with one attached hydrogen (secondary N) is 1. The summed E-state index contributed by atoms with van der Waals surface area (Å²) in [7, 11) is 2.00. The van der Waals surface area contributed by atoms with E-state index in [-0.39, 0.29) is 24.0 Å². The van der Waals surface area contributed by atoms with Crippen molar-refractivity contribution in [1.82, 2.24) is 39.7 Å². The zero-order valence-electron chi connectivity index (χ0n) is 24.9. The Labute approximate surface area is 241 Å². The van der Waals surface area contributed by atoms with Gasteiger partial charge in [0.15, 0.2) is 5.82 Å². The van der Waals surface area contributed by atoms with Gasteiger partial charge in [-0.25, -0.2) is 9.67 Å². The smallest absolute Gasteiger partial charge is 0.237 e. The van der Waals surface area contributed by atoms with Crippen LogP contribution in [0.5, 0.6) is 5.75 Å². The number of benzene rings is 1. The maximum atomic E-state index is 12.2. The highest BCUT2D eigenvalue weighted by atomic mass is 16.5. The van der Waals surface area contributed by atoms with Gasteiger partial charge in [0.25, 0.3) is 0 Å². The van der Waals surface area contributed by atoms with Crippen molar-refractivity contribution in [2.45, 2.75) is 71.1 Å². The standard InChI is InChI=1S/C30H41N9O2/c1-18(2)39-28(33-19(3)35-39)24-17-37-12-13-41-25-14-20(9-10-22(25)27(37)34-24)23-15-32-36(6)26(23)21-8-7-11-38(16-21)30(4,5)29(31)40/h9-10,14-15,17-18,21,27,34H,7-8,11-13,16H2,1-6H3,(H2,31,40). The molecule has 0 spiro atoms. The topological polar surface area (TPSA) is 119 Å². The van der Waals surface area contributed by atoms with Gasteiger partial charge in [-0.05, 0) is 65.6 Å². The van der Waals surface area contributed by atoms with Crippen LogP contribution >= 0.6 is 0 Å². The predicted molar refractivity (Wildman–Crippen MR) is 157 cm³/mol. The van der Waals surface area contributed by atoms with E-state index in [0.29, 0.717) is 6.61 Å². The van der Waals surface area contributed by atoms with E-state index in [2.05, 4.69) is 63.6 Å². The molecule has 6 rings (SSSR count). The minimum absolute atomic E-state index is 0.0505. The molecule has 3 aliphatic heterocycles. The molecule has 1 saturated heterocycles. The van der Waals surface area contributed by atoms with E-state index in [1.807, 2.05) is 43.4 Å². The van der Waals surface area contributed by atoms with Crippen molar-refractivity contribution >= 4 is 11.6 Å². The van der Waals surface area contributed by atoms with Gasteiger partial charge in [-0.15, -0.1) is 0 Å². The molecule has 0 saturated carbocycles. The van der Waals surface area contributed by atoms with Crippen molar-refractivity contribution in [3.05, 3.63) is 53.5 Å². The van der Waals surface area contributed by atoms with Gasteiger partial charge in [0, 0.05) is 42.9 Å². The van der Waals surface area contributed by atoms with Crippen LogP contribution in [0.4, 0.5) is 0 Å². The Morgan fingerprint density at radius 1 is 1.24 bits per heavy atom. The van der Waals surface area contributed by atoms with Crippen molar-refractivity contribution in [2.75, 3.05) is 26.2 Å². The highest BCUT2D eigenvalue weighted by Gasteiger charge is 2.38. The lowest BCUT2D eigenvalue weighted by Gasteiger charge is -2.41. The third-order valence-corrected chi connectivity index (χ3v) is 8.80. The molecule has 3 N–H and O–H groups in total. The lowest BCUT2D eigenvalue weighted by Crippen LogP contribution is -2.56. The fourth-order valence-electron chi connectivity index (χ4n) is 6.39. The fourth-order valence-corrected chi connectivity index (χ4v) is 6.39. The van der Waals surface area contributed by atoms with Gasteiger partial charge in [-0.2, -0.15) is 10.2 Å². The molecule has 1 aromatic carbocycles. The van der Waals surface area contributed by atoms with Gasteiger partial charge in [-0.1, -0.05) is 12.1 Å². The van der Waals surface area contributed by atoms with E-state index >= 15 is 0 Å². The molecule has 5 heterocycles. The molecule has 11 nitrogen and oxygen atoms in total. The number of primary amides is 1. The van der Waals surface area contributed by atoms with Crippen LogP contribution in [0.25, 0.3) is 16.8 Å². The number of fused-ring (bicyclic) bond motifs is 3. The number of piperidine rings is 1. The highest BCUT2D eigenvalue weighted by molar-refractivity contribution is 5.83. The Morgan fingerprint density at radius 3 is 2.80 bits per heavy atom. The average Bonchev–Trinajstić information content (AvgIpc) is 3.62. The second-order valence-corrected chi connectivity index (χ2v) is 12.2. The first-order chi connectivity index (χ1) is 19.5. The van der Waals surface area contributed by atoms with Gasteiger partial charge in [0.2, 0.25) is 5.91 Å². The van der Waals surface area contributed by atoms with E-state index in [4.69, 9.17) is 15.5 Å². The van der Waals surface area contributed by atoms with Crippen molar-refractivity contribution in [3.8, 4) is 16.9 Å². The van der Waals surface area contributed by atoms with Crippen LogP contribution in [0.1, 0.15) is 81.6 Å². The Balaban J connectivity index is 1.29. The minimum atomic E-state index is -0.691. The van der Waals surface area contributed by atoms with Crippen LogP contribution in [0.15, 0.2) is 30.6 Å². The Bertz CT molecular complexity index is 1500. The number of rotatable bonds is 6. The largest absolute Gasteiger partial charge is 0.491 e. The van der Waals surface area contributed by atoms with E-state index in [1.165, 1.54) is 5.69 Å². The van der Waals surface area contributed by atoms with E-state index < -0.39 is 5.54 Å². The Morgan fingerprint density at radius 2 is 2.05 bits per heavy atom. The average molecular weight is 560 g/mol. The van der Waals surface area contributed by atoms with Crippen LogP contribution < -0.4 is 15.8 Å². The predicted octanol–water partition coefficient (Wildman–Crippen LogP) is 3.31. The maximum Gasteiger partial charge on any atom is 0.237 e. The lowest BCUT2D eigenvalue weighted by molar-refractivity contribution is -0.129. The van der Waals surface area contributed by atoms with Crippen LogP contribution in [-0.2, 0) is 11.8 Å². The number of aryl methyl sites for hydroxylation is 2. The number of nitrogens with two attached hydrogens (primary N) is 1.